The summed E-state index contributed by atoms with van der Waals surface area (Å²) in [6.07, 6.45) is 2.60. The number of hydrogen-bond acceptors (Lipinski definition) is 3. The number of benzene rings is 2. The molecule has 29 heavy (non-hydrogen) atoms. The van der Waals surface area contributed by atoms with Crippen molar-refractivity contribution >= 4 is 0 Å². The predicted octanol–water partition coefficient (Wildman–Crippen LogP) is 4.05. The van der Waals surface area contributed by atoms with Gasteiger partial charge in [0, 0.05) is 49.9 Å². The SMILES string of the molecule is Cn1nc(-c2ccccc2)cc1C1CN2CCC1CC2CNCc1ccccc1. The molecule has 4 atom stereocenters. The Kier molecular flexibility index (Phi) is 5.21. The van der Waals surface area contributed by atoms with Crippen molar-refractivity contribution in [1.29, 1.82) is 0 Å². The number of piperidine rings is 3. The Labute approximate surface area is 173 Å². The van der Waals surface area contributed by atoms with Crippen LogP contribution in [0, 0.1) is 5.92 Å². The number of aryl methyl sites for hydroxylation is 1. The molecule has 4 heterocycles. The second kappa shape index (κ2) is 8.13. The molecule has 2 bridgehead atoms. The quantitative estimate of drug-likeness (QED) is 0.694. The van der Waals surface area contributed by atoms with Crippen LogP contribution < -0.4 is 5.32 Å². The lowest BCUT2D eigenvalue weighted by molar-refractivity contribution is 0.0282. The van der Waals surface area contributed by atoms with Gasteiger partial charge in [-0.25, -0.2) is 0 Å². The van der Waals surface area contributed by atoms with Gasteiger partial charge >= 0.3 is 0 Å². The van der Waals surface area contributed by atoms with Crippen molar-refractivity contribution in [2.24, 2.45) is 13.0 Å². The van der Waals surface area contributed by atoms with E-state index in [9.17, 15) is 0 Å². The van der Waals surface area contributed by atoms with Crippen LogP contribution in [0.5, 0.6) is 0 Å². The topological polar surface area (TPSA) is 33.1 Å². The Hall–Kier alpha value is -2.43. The number of nitrogens with one attached hydrogen (secondary N) is 1. The van der Waals surface area contributed by atoms with Crippen molar-refractivity contribution < 1.29 is 0 Å². The molecular weight excluding hydrogens is 356 g/mol. The summed E-state index contributed by atoms with van der Waals surface area (Å²) in [6, 6.07) is 24.2. The molecule has 4 heteroatoms. The zero-order valence-corrected chi connectivity index (χ0v) is 17.2. The monoisotopic (exact) mass is 386 g/mol. The van der Waals surface area contributed by atoms with Crippen LogP contribution in [0.4, 0.5) is 0 Å². The highest BCUT2D eigenvalue weighted by molar-refractivity contribution is 5.59. The van der Waals surface area contributed by atoms with Gasteiger partial charge in [0.2, 0.25) is 0 Å². The molecule has 3 aliphatic rings. The van der Waals surface area contributed by atoms with Crippen LogP contribution in [0.1, 0.15) is 30.0 Å². The number of aromatic nitrogens is 2. The zero-order chi connectivity index (χ0) is 19.6. The highest BCUT2D eigenvalue weighted by atomic mass is 15.3. The molecule has 3 fully saturated rings. The molecule has 4 nitrogen and oxygen atoms in total. The van der Waals surface area contributed by atoms with Gasteiger partial charge in [0.05, 0.1) is 5.69 Å². The van der Waals surface area contributed by atoms with Crippen LogP contribution in [0.2, 0.25) is 0 Å². The normalized spacial score (nSPS) is 26.0. The molecule has 0 aliphatic carbocycles. The summed E-state index contributed by atoms with van der Waals surface area (Å²) < 4.78 is 2.12. The lowest BCUT2D eigenvalue weighted by Crippen LogP contribution is -2.55. The van der Waals surface area contributed by atoms with Crippen LogP contribution in [0.3, 0.4) is 0 Å². The number of rotatable bonds is 6. The zero-order valence-electron chi connectivity index (χ0n) is 17.2. The fourth-order valence-corrected chi connectivity index (χ4v) is 5.24. The van der Waals surface area contributed by atoms with Gasteiger partial charge in [0.1, 0.15) is 0 Å². The van der Waals surface area contributed by atoms with Gasteiger partial charge in [0.15, 0.2) is 0 Å². The third-order valence-corrected chi connectivity index (χ3v) is 6.80. The first-order valence-corrected chi connectivity index (χ1v) is 10.9. The van der Waals surface area contributed by atoms with E-state index in [4.69, 9.17) is 5.10 Å². The molecule has 2 aromatic carbocycles. The van der Waals surface area contributed by atoms with Crippen LogP contribution in [0.25, 0.3) is 11.3 Å². The maximum atomic E-state index is 4.83. The molecule has 1 N–H and O–H groups in total. The van der Waals surface area contributed by atoms with Gasteiger partial charge in [-0.2, -0.15) is 5.10 Å². The van der Waals surface area contributed by atoms with E-state index in [1.807, 2.05) is 0 Å². The minimum absolute atomic E-state index is 0.601. The second-order valence-corrected chi connectivity index (χ2v) is 8.60. The van der Waals surface area contributed by atoms with E-state index in [-0.39, 0.29) is 0 Å². The van der Waals surface area contributed by atoms with Crippen LogP contribution in [0.15, 0.2) is 66.7 Å². The average Bonchev–Trinajstić information content (AvgIpc) is 3.17. The molecule has 3 aliphatic heterocycles. The van der Waals surface area contributed by atoms with E-state index >= 15 is 0 Å². The molecule has 0 spiro atoms. The maximum absolute atomic E-state index is 4.83. The van der Waals surface area contributed by atoms with Crippen molar-refractivity contribution in [3.05, 3.63) is 78.0 Å². The van der Waals surface area contributed by atoms with E-state index in [1.165, 1.54) is 36.2 Å². The van der Waals surface area contributed by atoms with Crippen molar-refractivity contribution in [2.75, 3.05) is 19.6 Å². The van der Waals surface area contributed by atoms with Crippen molar-refractivity contribution in [3.63, 3.8) is 0 Å². The van der Waals surface area contributed by atoms with E-state index in [0.717, 1.165) is 31.2 Å². The Balaban J connectivity index is 1.24. The van der Waals surface area contributed by atoms with Gasteiger partial charge in [-0.3, -0.25) is 9.58 Å². The summed E-state index contributed by atoms with van der Waals surface area (Å²) in [4.78, 5) is 2.71. The summed E-state index contributed by atoms with van der Waals surface area (Å²) in [5.41, 5.74) is 5.07. The number of fused-ring (bicyclic) bond motifs is 3. The second-order valence-electron chi connectivity index (χ2n) is 8.60. The molecule has 3 saturated heterocycles. The van der Waals surface area contributed by atoms with Crippen LogP contribution in [-0.4, -0.2) is 40.4 Å². The van der Waals surface area contributed by atoms with Gasteiger partial charge < -0.3 is 5.32 Å². The average molecular weight is 387 g/mol. The van der Waals surface area contributed by atoms with Crippen molar-refractivity contribution in [2.45, 2.75) is 31.3 Å². The summed E-state index contributed by atoms with van der Waals surface area (Å²) >= 11 is 0. The Morgan fingerprint density at radius 2 is 1.79 bits per heavy atom. The van der Waals surface area contributed by atoms with Crippen molar-refractivity contribution in [3.8, 4) is 11.3 Å². The van der Waals surface area contributed by atoms with E-state index in [1.54, 1.807) is 0 Å². The number of nitrogens with zero attached hydrogens (tertiary/aromatic N) is 3. The molecule has 3 aromatic rings. The van der Waals surface area contributed by atoms with Crippen LogP contribution >= 0.6 is 0 Å². The molecule has 0 saturated carbocycles. The van der Waals surface area contributed by atoms with Crippen molar-refractivity contribution in [1.82, 2.24) is 20.0 Å². The van der Waals surface area contributed by atoms with Gasteiger partial charge in [-0.05, 0) is 36.9 Å². The first-order valence-electron chi connectivity index (χ1n) is 10.9. The fourth-order valence-electron chi connectivity index (χ4n) is 5.24. The molecule has 4 unspecified atom stereocenters. The highest BCUT2D eigenvalue weighted by Gasteiger charge is 2.41. The van der Waals surface area contributed by atoms with Crippen LogP contribution in [-0.2, 0) is 13.6 Å². The predicted molar refractivity (Wildman–Crippen MR) is 118 cm³/mol. The lowest BCUT2D eigenvalue weighted by Gasteiger charge is -2.50. The summed E-state index contributed by atoms with van der Waals surface area (Å²) in [5.74, 6) is 1.37. The molecule has 0 radical (unpaired) electrons. The molecular formula is C25H30N4. The van der Waals surface area contributed by atoms with E-state index in [2.05, 4.69) is 88.7 Å². The van der Waals surface area contributed by atoms with Gasteiger partial charge in [-0.1, -0.05) is 60.7 Å². The minimum atomic E-state index is 0.601. The fraction of sp³-hybridized carbons (Fsp3) is 0.400. The lowest BCUT2D eigenvalue weighted by atomic mass is 9.74. The molecule has 0 amide bonds. The summed E-state index contributed by atoms with van der Waals surface area (Å²) in [6.45, 7) is 4.44. The summed E-state index contributed by atoms with van der Waals surface area (Å²) in [7, 11) is 2.11. The third kappa shape index (κ3) is 3.87. The molecule has 6 rings (SSSR count). The Morgan fingerprint density at radius 3 is 2.52 bits per heavy atom. The minimum Gasteiger partial charge on any atom is -0.311 e. The summed E-state index contributed by atoms with van der Waals surface area (Å²) in [5, 5.41) is 8.52. The Bertz CT molecular complexity index is 934. The Morgan fingerprint density at radius 1 is 1.03 bits per heavy atom. The third-order valence-electron chi connectivity index (χ3n) is 6.80. The van der Waals surface area contributed by atoms with Gasteiger partial charge in [0.25, 0.3) is 0 Å². The first kappa shape index (κ1) is 18.6. The maximum Gasteiger partial charge on any atom is 0.0926 e. The molecule has 1 aromatic heterocycles. The van der Waals surface area contributed by atoms with E-state index in [0.29, 0.717) is 12.0 Å². The smallest absolute Gasteiger partial charge is 0.0926 e. The standard InChI is InChI=1S/C25H30N4/c1-28-25(15-24(27-28)20-10-6-3-7-11-20)23-18-29-13-12-21(23)14-22(29)17-26-16-19-8-4-2-5-9-19/h2-11,15,21-23,26H,12-14,16-18H2,1H3. The number of hydrogen-bond donors (Lipinski definition) is 1. The largest absolute Gasteiger partial charge is 0.311 e. The highest BCUT2D eigenvalue weighted by Crippen LogP contribution is 2.42. The van der Waals surface area contributed by atoms with Gasteiger partial charge in [-0.15, -0.1) is 0 Å². The first-order chi connectivity index (χ1) is 14.3. The van der Waals surface area contributed by atoms with E-state index < -0.39 is 0 Å². The molecule has 150 valence electrons.